The number of carboxylic acid groups (broad SMARTS) is 1. The lowest BCUT2D eigenvalue weighted by molar-refractivity contribution is 0.0187. The van der Waals surface area contributed by atoms with Crippen LogP contribution in [0.25, 0.3) is 11.1 Å². The number of carbonyl (C=O) groups is 2. The number of hydrogen-bond donors (Lipinski definition) is 2. The molecule has 2 aromatic carbocycles. The van der Waals surface area contributed by atoms with Crippen molar-refractivity contribution < 1.29 is 23.8 Å². The summed E-state index contributed by atoms with van der Waals surface area (Å²) in [4.78, 5) is 23.9. The van der Waals surface area contributed by atoms with E-state index in [-0.39, 0.29) is 5.78 Å². The second-order valence-electron chi connectivity index (χ2n) is 6.85. The zero-order chi connectivity index (χ0) is 18.3. The van der Waals surface area contributed by atoms with Gasteiger partial charge in [0.25, 0.3) is 0 Å². The molecule has 0 radical (unpaired) electrons. The number of fused-ring (bicyclic) bond motifs is 1. The van der Waals surface area contributed by atoms with Crippen LogP contribution in [0.2, 0.25) is 0 Å². The van der Waals surface area contributed by atoms with Crippen molar-refractivity contribution in [2.24, 2.45) is 0 Å². The minimum Gasteiger partial charge on any atom is -0.486 e. The molecule has 0 atom stereocenters. The molecule has 4 rings (SSSR count). The van der Waals surface area contributed by atoms with Crippen LogP contribution in [0, 0.1) is 5.82 Å². The number of benzene rings is 2. The van der Waals surface area contributed by atoms with Gasteiger partial charge in [-0.05, 0) is 48.5 Å². The van der Waals surface area contributed by atoms with Crippen molar-refractivity contribution in [3.63, 3.8) is 0 Å². The fraction of sp³-hybridized carbons (Fsp3) is 0.300. The van der Waals surface area contributed by atoms with E-state index in [1.165, 1.54) is 12.1 Å². The molecular formula is C20H18FNO4. The molecule has 0 aromatic heterocycles. The monoisotopic (exact) mass is 355 g/mol. The van der Waals surface area contributed by atoms with Gasteiger partial charge in [0.1, 0.15) is 17.2 Å². The first kappa shape index (κ1) is 16.7. The fourth-order valence-corrected chi connectivity index (χ4v) is 3.70. The Morgan fingerprint density at radius 3 is 2.54 bits per heavy atom. The number of aromatic carboxylic acids is 1. The highest BCUT2D eigenvalue weighted by Gasteiger charge is 2.41. The Bertz CT molecular complexity index is 903. The summed E-state index contributed by atoms with van der Waals surface area (Å²) in [5.41, 5.74) is 0.874. The standard InChI is InChI=1S/C20H18FNO4/c21-16-3-1-12(9-14(16)19(24)25)13-2-4-18-15(10-13)17(23)11-20(26-18)5-7-22-8-6-20/h1-4,9-10,22H,5-8,11H2,(H,24,25). The maximum Gasteiger partial charge on any atom is 0.338 e. The number of ketones is 1. The summed E-state index contributed by atoms with van der Waals surface area (Å²) >= 11 is 0. The van der Waals surface area contributed by atoms with Gasteiger partial charge in [0.2, 0.25) is 0 Å². The average molecular weight is 355 g/mol. The third kappa shape index (κ3) is 2.86. The van der Waals surface area contributed by atoms with Crippen LogP contribution >= 0.6 is 0 Å². The number of carbonyl (C=O) groups excluding carboxylic acids is 1. The van der Waals surface area contributed by atoms with Gasteiger partial charge in [-0.2, -0.15) is 0 Å². The fourth-order valence-electron chi connectivity index (χ4n) is 3.70. The summed E-state index contributed by atoms with van der Waals surface area (Å²) in [6.07, 6.45) is 1.93. The maximum absolute atomic E-state index is 13.6. The molecule has 1 spiro atoms. The lowest BCUT2D eigenvalue weighted by atomic mass is 9.82. The average Bonchev–Trinajstić information content (AvgIpc) is 2.62. The second-order valence-corrected chi connectivity index (χ2v) is 6.85. The zero-order valence-corrected chi connectivity index (χ0v) is 14.0. The summed E-state index contributed by atoms with van der Waals surface area (Å²) in [5, 5.41) is 12.4. The summed E-state index contributed by atoms with van der Waals surface area (Å²) in [6.45, 7) is 1.66. The molecular weight excluding hydrogens is 337 g/mol. The molecule has 0 unspecified atom stereocenters. The Balaban J connectivity index is 1.70. The van der Waals surface area contributed by atoms with E-state index >= 15 is 0 Å². The molecule has 0 aliphatic carbocycles. The van der Waals surface area contributed by atoms with E-state index in [0.29, 0.717) is 28.9 Å². The normalized spacial score (nSPS) is 18.3. The SMILES string of the molecule is O=C(O)c1cc(-c2ccc3c(c2)C(=O)CC2(CCNCC2)O3)ccc1F. The van der Waals surface area contributed by atoms with Gasteiger partial charge in [0.05, 0.1) is 17.5 Å². The number of hydrogen-bond acceptors (Lipinski definition) is 4. The van der Waals surface area contributed by atoms with Crippen LogP contribution in [-0.2, 0) is 0 Å². The van der Waals surface area contributed by atoms with Crippen LogP contribution in [0.1, 0.15) is 40.0 Å². The van der Waals surface area contributed by atoms with Crippen LogP contribution in [0.5, 0.6) is 5.75 Å². The van der Waals surface area contributed by atoms with E-state index in [9.17, 15) is 14.0 Å². The van der Waals surface area contributed by atoms with Crippen molar-refractivity contribution in [3.05, 3.63) is 53.3 Å². The summed E-state index contributed by atoms with van der Waals surface area (Å²) in [5.74, 6) is -1.52. The molecule has 2 aromatic rings. The number of halogens is 1. The third-order valence-corrected chi connectivity index (χ3v) is 5.13. The maximum atomic E-state index is 13.6. The Kier molecular flexibility index (Phi) is 4.00. The first-order valence-electron chi connectivity index (χ1n) is 8.58. The van der Waals surface area contributed by atoms with Gasteiger partial charge in [0, 0.05) is 12.8 Å². The van der Waals surface area contributed by atoms with E-state index in [2.05, 4.69) is 5.32 Å². The minimum atomic E-state index is -1.32. The minimum absolute atomic E-state index is 0.0237. The van der Waals surface area contributed by atoms with Crippen molar-refractivity contribution in [2.75, 3.05) is 13.1 Å². The molecule has 0 bridgehead atoms. The highest BCUT2D eigenvalue weighted by Crippen LogP contribution is 2.39. The molecule has 0 amide bonds. The summed E-state index contributed by atoms with van der Waals surface area (Å²) in [7, 11) is 0. The van der Waals surface area contributed by atoms with Crippen LogP contribution in [0.4, 0.5) is 4.39 Å². The predicted octanol–water partition coefficient (Wildman–Crippen LogP) is 3.28. The first-order chi connectivity index (χ1) is 12.5. The van der Waals surface area contributed by atoms with Gasteiger partial charge >= 0.3 is 5.97 Å². The first-order valence-corrected chi connectivity index (χ1v) is 8.58. The van der Waals surface area contributed by atoms with Gasteiger partial charge in [0.15, 0.2) is 5.78 Å². The van der Waals surface area contributed by atoms with Gasteiger partial charge < -0.3 is 15.2 Å². The van der Waals surface area contributed by atoms with Crippen molar-refractivity contribution in [2.45, 2.75) is 24.9 Å². The molecule has 1 saturated heterocycles. The molecule has 0 saturated carbocycles. The number of carboxylic acids is 1. The van der Waals surface area contributed by atoms with Crippen LogP contribution in [0.15, 0.2) is 36.4 Å². The molecule has 5 nitrogen and oxygen atoms in total. The van der Waals surface area contributed by atoms with E-state index in [4.69, 9.17) is 9.84 Å². The smallest absolute Gasteiger partial charge is 0.338 e. The number of nitrogens with one attached hydrogen (secondary N) is 1. The van der Waals surface area contributed by atoms with Gasteiger partial charge in [-0.3, -0.25) is 4.79 Å². The Morgan fingerprint density at radius 2 is 1.81 bits per heavy atom. The topological polar surface area (TPSA) is 75.6 Å². The lowest BCUT2D eigenvalue weighted by Crippen LogP contribution is -2.49. The second kappa shape index (κ2) is 6.21. The van der Waals surface area contributed by atoms with E-state index in [0.717, 1.165) is 32.0 Å². The summed E-state index contributed by atoms with van der Waals surface area (Å²) < 4.78 is 19.8. The van der Waals surface area contributed by atoms with Gasteiger partial charge in [-0.15, -0.1) is 0 Å². The number of ether oxygens (including phenoxy) is 1. The molecule has 2 heterocycles. The van der Waals surface area contributed by atoms with Crippen LogP contribution in [-0.4, -0.2) is 35.5 Å². The third-order valence-electron chi connectivity index (χ3n) is 5.13. The highest BCUT2D eigenvalue weighted by atomic mass is 19.1. The lowest BCUT2D eigenvalue weighted by Gasteiger charge is -2.41. The van der Waals surface area contributed by atoms with Gasteiger partial charge in [-0.25, -0.2) is 9.18 Å². The van der Waals surface area contributed by atoms with Crippen molar-refractivity contribution in [1.29, 1.82) is 0 Å². The van der Waals surface area contributed by atoms with E-state index in [1.54, 1.807) is 18.2 Å². The Hall–Kier alpha value is -2.73. The number of Topliss-reactive ketones (excluding diaryl/α,β-unsaturated/α-hetero) is 1. The molecule has 2 aliphatic heterocycles. The molecule has 134 valence electrons. The molecule has 1 fully saturated rings. The Morgan fingerprint density at radius 1 is 1.12 bits per heavy atom. The quantitative estimate of drug-likeness (QED) is 0.865. The van der Waals surface area contributed by atoms with Crippen molar-refractivity contribution >= 4 is 11.8 Å². The van der Waals surface area contributed by atoms with Crippen molar-refractivity contribution in [1.82, 2.24) is 5.32 Å². The molecule has 2 N–H and O–H groups in total. The Labute approximate surface area is 149 Å². The van der Waals surface area contributed by atoms with Crippen LogP contribution < -0.4 is 10.1 Å². The largest absolute Gasteiger partial charge is 0.486 e. The molecule has 26 heavy (non-hydrogen) atoms. The van der Waals surface area contributed by atoms with Crippen molar-refractivity contribution in [3.8, 4) is 16.9 Å². The van der Waals surface area contributed by atoms with Crippen LogP contribution in [0.3, 0.4) is 0 Å². The number of rotatable bonds is 2. The molecule has 6 heteroatoms. The van der Waals surface area contributed by atoms with E-state index in [1.807, 2.05) is 0 Å². The van der Waals surface area contributed by atoms with E-state index < -0.39 is 23.0 Å². The zero-order valence-electron chi connectivity index (χ0n) is 14.0. The van der Waals surface area contributed by atoms with Gasteiger partial charge in [-0.1, -0.05) is 12.1 Å². The predicted molar refractivity (Wildman–Crippen MR) is 93.2 cm³/mol. The highest BCUT2D eigenvalue weighted by molar-refractivity contribution is 6.01. The molecule has 2 aliphatic rings. The number of piperidine rings is 1. The summed E-state index contributed by atoms with van der Waals surface area (Å²) in [6, 6.07) is 9.12.